The summed E-state index contributed by atoms with van der Waals surface area (Å²) < 4.78 is 12.7. The molecule has 21 heavy (non-hydrogen) atoms. The molecule has 0 saturated heterocycles. The van der Waals surface area contributed by atoms with Gasteiger partial charge < -0.3 is 10.2 Å². The van der Waals surface area contributed by atoms with Gasteiger partial charge >= 0.3 is 5.97 Å². The standard InChI is InChI=1S/C14H16FNO5/c1-21-16(13(18)9-12(17)14(19)20)8-2-3-10-4-6-11(15)7-5-10/h4-7,9,17H,2-3,8H2,1H3,(H,19,20)/b12-9-. The molecule has 0 aromatic heterocycles. The maximum Gasteiger partial charge on any atom is 0.371 e. The van der Waals surface area contributed by atoms with Gasteiger partial charge in [-0.15, -0.1) is 0 Å². The largest absolute Gasteiger partial charge is 0.502 e. The van der Waals surface area contributed by atoms with Crippen LogP contribution >= 0.6 is 0 Å². The first-order valence-corrected chi connectivity index (χ1v) is 6.18. The number of carbonyl (C=O) groups is 2. The van der Waals surface area contributed by atoms with Crippen LogP contribution in [-0.2, 0) is 20.8 Å². The molecule has 0 bridgehead atoms. The van der Waals surface area contributed by atoms with E-state index in [2.05, 4.69) is 0 Å². The average molecular weight is 297 g/mol. The fourth-order valence-electron chi connectivity index (χ4n) is 1.62. The van der Waals surface area contributed by atoms with Crippen LogP contribution in [0.15, 0.2) is 36.1 Å². The number of amides is 1. The molecule has 7 heteroatoms. The van der Waals surface area contributed by atoms with E-state index in [4.69, 9.17) is 15.1 Å². The van der Waals surface area contributed by atoms with Gasteiger partial charge in [0.2, 0.25) is 5.76 Å². The molecular formula is C14H16FNO5. The molecule has 1 aromatic carbocycles. The molecule has 0 spiro atoms. The number of rotatable bonds is 7. The SMILES string of the molecule is CON(CCCc1ccc(F)cc1)C(=O)/C=C(\O)C(=O)O. The Labute approximate surface area is 121 Å². The minimum absolute atomic E-state index is 0.204. The number of nitrogens with zero attached hydrogens (tertiary/aromatic N) is 1. The van der Waals surface area contributed by atoms with E-state index in [1.165, 1.54) is 19.2 Å². The molecule has 0 unspecified atom stereocenters. The third-order valence-electron chi connectivity index (χ3n) is 2.69. The zero-order valence-corrected chi connectivity index (χ0v) is 11.5. The molecule has 0 aliphatic heterocycles. The summed E-state index contributed by atoms with van der Waals surface area (Å²) >= 11 is 0. The number of hydrogen-bond acceptors (Lipinski definition) is 4. The van der Waals surface area contributed by atoms with Gasteiger partial charge in [-0.05, 0) is 30.5 Å². The number of carbonyl (C=O) groups excluding carboxylic acids is 1. The Balaban J connectivity index is 2.51. The Hall–Kier alpha value is -2.41. The first-order chi connectivity index (χ1) is 9.93. The van der Waals surface area contributed by atoms with Crippen LogP contribution in [0.25, 0.3) is 0 Å². The van der Waals surface area contributed by atoms with E-state index in [9.17, 15) is 14.0 Å². The first-order valence-electron chi connectivity index (χ1n) is 6.18. The maximum absolute atomic E-state index is 12.7. The Morgan fingerprint density at radius 3 is 2.43 bits per heavy atom. The molecule has 0 atom stereocenters. The number of carboxylic acid groups (broad SMARTS) is 1. The van der Waals surface area contributed by atoms with Crippen molar-refractivity contribution in [2.45, 2.75) is 12.8 Å². The molecule has 1 amide bonds. The quantitative estimate of drug-likeness (QED) is 0.454. The van der Waals surface area contributed by atoms with Crippen LogP contribution in [0, 0.1) is 5.82 Å². The minimum atomic E-state index is -1.59. The van der Waals surface area contributed by atoms with Crippen LogP contribution in [0.4, 0.5) is 4.39 Å². The summed E-state index contributed by atoms with van der Waals surface area (Å²) in [7, 11) is 1.27. The number of halogens is 1. The predicted molar refractivity (Wildman–Crippen MR) is 71.8 cm³/mol. The summed E-state index contributed by atoms with van der Waals surface area (Å²) in [5.74, 6) is -3.73. The van der Waals surface area contributed by atoms with Gasteiger partial charge in [-0.1, -0.05) is 12.1 Å². The van der Waals surface area contributed by atoms with E-state index in [0.717, 1.165) is 10.6 Å². The van der Waals surface area contributed by atoms with Gasteiger partial charge in [0, 0.05) is 6.54 Å². The fraction of sp³-hybridized carbons (Fsp3) is 0.286. The van der Waals surface area contributed by atoms with Crippen LogP contribution in [0.2, 0.25) is 0 Å². The predicted octanol–water partition coefficient (Wildman–Crippen LogP) is 1.67. The molecule has 114 valence electrons. The Morgan fingerprint density at radius 1 is 1.29 bits per heavy atom. The van der Waals surface area contributed by atoms with E-state index >= 15 is 0 Å². The lowest BCUT2D eigenvalue weighted by Crippen LogP contribution is -2.30. The van der Waals surface area contributed by atoms with Crippen LogP contribution in [-0.4, -0.2) is 40.8 Å². The molecule has 0 radical (unpaired) electrons. The van der Waals surface area contributed by atoms with E-state index in [-0.39, 0.29) is 12.4 Å². The van der Waals surface area contributed by atoms with Crippen molar-refractivity contribution in [2.24, 2.45) is 0 Å². The number of aliphatic hydroxyl groups excluding tert-OH is 1. The third kappa shape index (κ3) is 5.62. The second-order valence-electron chi connectivity index (χ2n) is 4.19. The summed E-state index contributed by atoms with van der Waals surface area (Å²) in [6, 6.07) is 5.99. The monoisotopic (exact) mass is 297 g/mol. The summed E-state index contributed by atoms with van der Waals surface area (Å²) in [5.41, 5.74) is 0.906. The van der Waals surface area contributed by atoms with Gasteiger partial charge in [-0.2, -0.15) is 0 Å². The van der Waals surface area contributed by atoms with E-state index < -0.39 is 17.6 Å². The summed E-state index contributed by atoms with van der Waals surface area (Å²) in [6.45, 7) is 0.204. The highest BCUT2D eigenvalue weighted by Crippen LogP contribution is 2.07. The summed E-state index contributed by atoms with van der Waals surface area (Å²) in [5, 5.41) is 18.4. The number of aliphatic carboxylic acids is 1. The van der Waals surface area contributed by atoms with Gasteiger partial charge in [-0.25, -0.2) is 14.2 Å². The van der Waals surface area contributed by atoms with Gasteiger partial charge in [0.25, 0.3) is 5.91 Å². The number of aryl methyl sites for hydroxylation is 1. The second-order valence-corrected chi connectivity index (χ2v) is 4.19. The Morgan fingerprint density at radius 2 is 1.90 bits per heavy atom. The normalized spacial score (nSPS) is 11.2. The number of hydrogen-bond donors (Lipinski definition) is 2. The van der Waals surface area contributed by atoms with Gasteiger partial charge in [0.05, 0.1) is 13.2 Å². The number of aliphatic hydroxyl groups is 1. The summed E-state index contributed by atoms with van der Waals surface area (Å²) in [6.07, 6.45) is 1.71. The number of hydroxylamine groups is 2. The molecular weight excluding hydrogens is 281 g/mol. The maximum atomic E-state index is 12.7. The molecule has 0 saturated carbocycles. The van der Waals surface area contributed by atoms with Crippen molar-refractivity contribution in [2.75, 3.05) is 13.7 Å². The number of carboxylic acids is 1. The lowest BCUT2D eigenvalue weighted by atomic mass is 10.1. The molecule has 2 N–H and O–H groups in total. The van der Waals surface area contributed by atoms with Crippen molar-refractivity contribution >= 4 is 11.9 Å². The van der Waals surface area contributed by atoms with Crippen LogP contribution in [0.1, 0.15) is 12.0 Å². The summed E-state index contributed by atoms with van der Waals surface area (Å²) in [4.78, 5) is 26.9. The van der Waals surface area contributed by atoms with Gasteiger partial charge in [0.1, 0.15) is 5.82 Å². The minimum Gasteiger partial charge on any atom is -0.502 e. The van der Waals surface area contributed by atoms with Gasteiger partial charge in [-0.3, -0.25) is 9.63 Å². The highest BCUT2D eigenvalue weighted by Gasteiger charge is 2.14. The van der Waals surface area contributed by atoms with Crippen LogP contribution in [0.5, 0.6) is 0 Å². The van der Waals surface area contributed by atoms with Crippen molar-refractivity contribution in [3.8, 4) is 0 Å². The average Bonchev–Trinajstić information content (AvgIpc) is 2.45. The van der Waals surface area contributed by atoms with E-state index in [1.54, 1.807) is 12.1 Å². The zero-order valence-electron chi connectivity index (χ0n) is 11.5. The first kappa shape index (κ1) is 16.6. The van der Waals surface area contributed by atoms with Crippen LogP contribution in [0.3, 0.4) is 0 Å². The van der Waals surface area contributed by atoms with E-state index in [1.807, 2.05) is 0 Å². The Kier molecular flexibility index (Phi) is 6.35. The smallest absolute Gasteiger partial charge is 0.371 e. The van der Waals surface area contributed by atoms with Crippen molar-refractivity contribution in [1.82, 2.24) is 5.06 Å². The molecule has 1 rings (SSSR count). The second kappa shape index (κ2) is 8.01. The topological polar surface area (TPSA) is 87.1 Å². The van der Waals surface area contributed by atoms with E-state index in [0.29, 0.717) is 18.9 Å². The van der Waals surface area contributed by atoms with Crippen molar-refractivity contribution in [3.63, 3.8) is 0 Å². The van der Waals surface area contributed by atoms with Crippen molar-refractivity contribution in [3.05, 3.63) is 47.5 Å². The molecule has 0 aliphatic rings. The third-order valence-corrected chi connectivity index (χ3v) is 2.69. The number of benzene rings is 1. The van der Waals surface area contributed by atoms with Crippen LogP contribution < -0.4 is 0 Å². The molecule has 0 aliphatic carbocycles. The zero-order chi connectivity index (χ0) is 15.8. The molecule has 0 fully saturated rings. The fourth-order valence-corrected chi connectivity index (χ4v) is 1.62. The lowest BCUT2D eigenvalue weighted by Gasteiger charge is -2.17. The highest BCUT2D eigenvalue weighted by molar-refractivity contribution is 5.95. The van der Waals surface area contributed by atoms with Crippen molar-refractivity contribution in [1.29, 1.82) is 0 Å². The molecule has 6 nitrogen and oxygen atoms in total. The van der Waals surface area contributed by atoms with Crippen molar-refractivity contribution < 1.29 is 29.0 Å². The Bertz CT molecular complexity index is 527. The molecule has 0 heterocycles. The molecule has 1 aromatic rings. The lowest BCUT2D eigenvalue weighted by molar-refractivity contribution is -0.170. The van der Waals surface area contributed by atoms with Gasteiger partial charge in [0.15, 0.2) is 0 Å². The highest BCUT2D eigenvalue weighted by atomic mass is 19.1.